The van der Waals surface area contributed by atoms with Crippen LogP contribution < -0.4 is 5.32 Å². The number of amides is 1. The molecule has 1 aliphatic carbocycles. The number of hydrogen-bond donors (Lipinski definition) is 1. The van der Waals surface area contributed by atoms with Gasteiger partial charge < -0.3 is 5.32 Å². The minimum atomic E-state index is -4.34. The Labute approximate surface area is 119 Å². The lowest BCUT2D eigenvalue weighted by molar-refractivity contribution is -0.197. The smallest absolute Gasteiger partial charge is 0.310 e. The molecule has 2 atom stereocenters. The van der Waals surface area contributed by atoms with E-state index in [-0.39, 0.29) is 23.8 Å². The van der Waals surface area contributed by atoms with E-state index in [1.807, 2.05) is 0 Å². The molecule has 1 amide bonds. The molecular formula is C13H14ClF3N2O. The molecule has 0 aliphatic heterocycles. The molecule has 1 aliphatic rings. The van der Waals surface area contributed by atoms with Crippen molar-refractivity contribution in [3.8, 4) is 0 Å². The standard InChI is InChI=1S/C13H14ClF3N2O/c14-10-6-3-7-11(18-10)19-12(20)8-4-1-2-5-9(8)13(15,16)17/h3,6-9H,1-2,4-5H2,(H,18,19,20). The van der Waals surface area contributed by atoms with Crippen LogP contribution in [0.15, 0.2) is 18.2 Å². The lowest BCUT2D eigenvalue weighted by Crippen LogP contribution is -2.39. The highest BCUT2D eigenvalue weighted by atomic mass is 35.5. The van der Waals surface area contributed by atoms with E-state index in [0.29, 0.717) is 12.8 Å². The van der Waals surface area contributed by atoms with E-state index < -0.39 is 23.9 Å². The average Bonchev–Trinajstić information content (AvgIpc) is 2.37. The second kappa shape index (κ2) is 5.99. The molecule has 1 heterocycles. The van der Waals surface area contributed by atoms with Crippen molar-refractivity contribution in [3.05, 3.63) is 23.4 Å². The van der Waals surface area contributed by atoms with Gasteiger partial charge in [0.1, 0.15) is 11.0 Å². The molecule has 3 nitrogen and oxygen atoms in total. The van der Waals surface area contributed by atoms with Gasteiger partial charge in [-0.2, -0.15) is 13.2 Å². The second-order valence-corrected chi connectivity index (χ2v) is 5.26. The van der Waals surface area contributed by atoms with E-state index >= 15 is 0 Å². The monoisotopic (exact) mass is 306 g/mol. The van der Waals surface area contributed by atoms with Gasteiger partial charge in [-0.3, -0.25) is 4.79 Å². The largest absolute Gasteiger partial charge is 0.392 e. The Hall–Kier alpha value is -1.30. The van der Waals surface area contributed by atoms with Gasteiger partial charge in [-0.1, -0.05) is 30.5 Å². The van der Waals surface area contributed by atoms with Crippen LogP contribution in [0.4, 0.5) is 19.0 Å². The predicted molar refractivity (Wildman–Crippen MR) is 69.4 cm³/mol. The molecule has 0 saturated heterocycles. The van der Waals surface area contributed by atoms with Crippen molar-refractivity contribution in [1.82, 2.24) is 4.98 Å². The minimum Gasteiger partial charge on any atom is -0.310 e. The summed E-state index contributed by atoms with van der Waals surface area (Å²) in [6, 6.07) is 4.60. The summed E-state index contributed by atoms with van der Waals surface area (Å²) in [4.78, 5) is 15.9. The second-order valence-electron chi connectivity index (χ2n) is 4.87. The van der Waals surface area contributed by atoms with Crippen molar-refractivity contribution in [2.24, 2.45) is 11.8 Å². The molecule has 1 saturated carbocycles. The fraction of sp³-hybridized carbons (Fsp3) is 0.538. The van der Waals surface area contributed by atoms with Crippen LogP contribution in [0.1, 0.15) is 25.7 Å². The van der Waals surface area contributed by atoms with Gasteiger partial charge in [0.15, 0.2) is 0 Å². The number of pyridine rings is 1. The summed E-state index contributed by atoms with van der Waals surface area (Å²) < 4.78 is 38.8. The molecule has 110 valence electrons. The fourth-order valence-corrected chi connectivity index (χ4v) is 2.70. The summed E-state index contributed by atoms with van der Waals surface area (Å²) in [7, 11) is 0. The Morgan fingerprint density at radius 2 is 2.00 bits per heavy atom. The lowest BCUT2D eigenvalue weighted by Gasteiger charge is -2.31. The molecule has 20 heavy (non-hydrogen) atoms. The number of alkyl halides is 3. The summed E-state index contributed by atoms with van der Waals surface area (Å²) in [6.45, 7) is 0. The van der Waals surface area contributed by atoms with Crippen LogP contribution in [0.25, 0.3) is 0 Å². The molecule has 0 aromatic carbocycles. The SMILES string of the molecule is O=C(Nc1cccc(Cl)n1)C1CCCCC1C(F)(F)F. The van der Waals surface area contributed by atoms with Gasteiger partial charge >= 0.3 is 6.18 Å². The molecule has 2 rings (SSSR count). The van der Waals surface area contributed by atoms with Crippen LogP contribution in [-0.2, 0) is 4.79 Å². The van der Waals surface area contributed by atoms with Gasteiger partial charge in [-0.25, -0.2) is 4.98 Å². The zero-order valence-corrected chi connectivity index (χ0v) is 11.3. The summed E-state index contributed by atoms with van der Waals surface area (Å²) in [5, 5.41) is 2.60. The summed E-state index contributed by atoms with van der Waals surface area (Å²) in [6.07, 6.45) is -2.96. The molecule has 7 heteroatoms. The van der Waals surface area contributed by atoms with E-state index in [1.165, 1.54) is 12.1 Å². The number of carbonyl (C=O) groups excluding carboxylic acids is 1. The number of nitrogens with one attached hydrogen (secondary N) is 1. The number of hydrogen-bond acceptors (Lipinski definition) is 2. The molecule has 1 fully saturated rings. The van der Waals surface area contributed by atoms with Gasteiger partial charge in [0.05, 0.1) is 5.92 Å². The topological polar surface area (TPSA) is 42.0 Å². The maximum Gasteiger partial charge on any atom is 0.392 e. The third kappa shape index (κ3) is 3.62. The quantitative estimate of drug-likeness (QED) is 0.838. The van der Waals surface area contributed by atoms with Crippen LogP contribution in [0, 0.1) is 11.8 Å². The Kier molecular flexibility index (Phi) is 4.52. The Morgan fingerprint density at radius 3 is 2.65 bits per heavy atom. The summed E-state index contributed by atoms with van der Waals surface area (Å²) >= 11 is 5.67. The van der Waals surface area contributed by atoms with Crippen molar-refractivity contribution in [3.63, 3.8) is 0 Å². The van der Waals surface area contributed by atoms with Gasteiger partial charge in [0, 0.05) is 5.92 Å². The van der Waals surface area contributed by atoms with Crippen LogP contribution in [-0.4, -0.2) is 17.1 Å². The van der Waals surface area contributed by atoms with Crippen molar-refractivity contribution in [2.45, 2.75) is 31.9 Å². The highest BCUT2D eigenvalue weighted by molar-refractivity contribution is 6.29. The maximum atomic E-state index is 12.9. The fourth-order valence-electron chi connectivity index (χ4n) is 2.53. The Balaban J connectivity index is 2.10. The third-order valence-electron chi connectivity index (χ3n) is 3.49. The van der Waals surface area contributed by atoms with Gasteiger partial charge in [0.25, 0.3) is 0 Å². The van der Waals surface area contributed by atoms with Crippen LogP contribution in [0.3, 0.4) is 0 Å². The number of halogens is 4. The molecular weight excluding hydrogens is 293 g/mol. The van der Waals surface area contributed by atoms with E-state index in [2.05, 4.69) is 10.3 Å². The molecule has 0 bridgehead atoms. The van der Waals surface area contributed by atoms with Crippen LogP contribution in [0.2, 0.25) is 5.15 Å². The first kappa shape index (κ1) is 15.1. The number of carbonyl (C=O) groups is 1. The minimum absolute atomic E-state index is 0.00452. The molecule has 1 aromatic heterocycles. The first-order chi connectivity index (χ1) is 9.38. The normalized spacial score (nSPS) is 23.4. The van der Waals surface area contributed by atoms with Gasteiger partial charge in [0.2, 0.25) is 5.91 Å². The van der Waals surface area contributed by atoms with Gasteiger partial charge in [-0.05, 0) is 25.0 Å². The number of aromatic nitrogens is 1. The van der Waals surface area contributed by atoms with Crippen molar-refractivity contribution in [1.29, 1.82) is 0 Å². The predicted octanol–water partition coefficient (Wildman–Crippen LogP) is 4.04. The van der Waals surface area contributed by atoms with Gasteiger partial charge in [-0.15, -0.1) is 0 Å². The Morgan fingerprint density at radius 1 is 1.30 bits per heavy atom. The number of anilines is 1. The first-order valence-corrected chi connectivity index (χ1v) is 6.76. The summed E-state index contributed by atoms with van der Waals surface area (Å²) in [5.41, 5.74) is 0. The van der Waals surface area contributed by atoms with Crippen LogP contribution >= 0.6 is 11.6 Å². The number of rotatable bonds is 2. The maximum absolute atomic E-state index is 12.9. The molecule has 0 radical (unpaired) electrons. The van der Waals surface area contributed by atoms with E-state index in [1.54, 1.807) is 6.07 Å². The number of nitrogens with zero attached hydrogens (tertiary/aromatic N) is 1. The highest BCUT2D eigenvalue weighted by Gasteiger charge is 2.48. The van der Waals surface area contributed by atoms with E-state index in [9.17, 15) is 18.0 Å². The molecule has 1 N–H and O–H groups in total. The average molecular weight is 307 g/mol. The van der Waals surface area contributed by atoms with Crippen molar-refractivity contribution < 1.29 is 18.0 Å². The van der Waals surface area contributed by atoms with E-state index in [0.717, 1.165) is 0 Å². The van der Waals surface area contributed by atoms with Crippen LogP contribution in [0.5, 0.6) is 0 Å². The third-order valence-corrected chi connectivity index (χ3v) is 3.70. The van der Waals surface area contributed by atoms with Crippen molar-refractivity contribution in [2.75, 3.05) is 5.32 Å². The van der Waals surface area contributed by atoms with Crippen molar-refractivity contribution >= 4 is 23.3 Å². The molecule has 1 aromatic rings. The first-order valence-electron chi connectivity index (χ1n) is 6.38. The summed E-state index contributed by atoms with van der Waals surface area (Å²) in [5.74, 6) is -3.09. The zero-order chi connectivity index (χ0) is 14.8. The Bertz CT molecular complexity index is 493. The zero-order valence-electron chi connectivity index (χ0n) is 10.6. The molecule has 0 spiro atoms. The lowest BCUT2D eigenvalue weighted by atomic mass is 9.78. The molecule has 2 unspecified atom stereocenters. The highest BCUT2D eigenvalue weighted by Crippen LogP contribution is 2.41. The van der Waals surface area contributed by atoms with E-state index in [4.69, 9.17) is 11.6 Å².